The highest BCUT2D eigenvalue weighted by atomic mass is 16.5. The molecule has 1 fully saturated rings. The summed E-state index contributed by atoms with van der Waals surface area (Å²) in [6.07, 6.45) is 1.01. The lowest BCUT2D eigenvalue weighted by atomic mass is 9.93. The van der Waals surface area contributed by atoms with E-state index < -0.39 is 12.0 Å². The predicted octanol–water partition coefficient (Wildman–Crippen LogP) is 1.90. The van der Waals surface area contributed by atoms with Gasteiger partial charge in [0.25, 0.3) is 0 Å². The van der Waals surface area contributed by atoms with Gasteiger partial charge in [0.05, 0.1) is 32.4 Å². The maximum absolute atomic E-state index is 13.2. The lowest BCUT2D eigenvalue weighted by Gasteiger charge is -2.38. The number of amides is 2. The van der Waals surface area contributed by atoms with Gasteiger partial charge < -0.3 is 24.8 Å². The van der Waals surface area contributed by atoms with Gasteiger partial charge in [0.15, 0.2) is 11.5 Å². The number of likely N-dealkylation sites (N-methyl/N-ethyl adjacent to an activating group) is 1. The molecule has 1 unspecified atom stereocenters. The highest BCUT2D eigenvalue weighted by Gasteiger charge is 2.38. The number of carbonyl (C=O) groups excluding carboxylic acids is 2. The van der Waals surface area contributed by atoms with Gasteiger partial charge in [-0.3, -0.25) is 9.80 Å². The zero-order valence-electron chi connectivity index (χ0n) is 19.4. The molecule has 9 nitrogen and oxygen atoms in total. The van der Waals surface area contributed by atoms with E-state index in [4.69, 9.17) is 14.2 Å². The minimum absolute atomic E-state index is 0.233. The van der Waals surface area contributed by atoms with Gasteiger partial charge in [-0.05, 0) is 51.1 Å². The molecule has 2 aliphatic rings. The fourth-order valence-corrected chi connectivity index (χ4v) is 4.21. The number of hydrogen-bond donors (Lipinski definition) is 2. The summed E-state index contributed by atoms with van der Waals surface area (Å²) < 4.78 is 16.2. The summed E-state index contributed by atoms with van der Waals surface area (Å²) in [5.41, 5.74) is 1.87. The highest BCUT2D eigenvalue weighted by Crippen LogP contribution is 2.36. The number of ether oxygens (including phenoxy) is 3. The van der Waals surface area contributed by atoms with Crippen LogP contribution in [-0.4, -0.2) is 81.9 Å². The third-order valence-electron chi connectivity index (χ3n) is 5.80. The van der Waals surface area contributed by atoms with Gasteiger partial charge in [-0.15, -0.1) is 0 Å². The van der Waals surface area contributed by atoms with E-state index in [9.17, 15) is 9.59 Å². The molecule has 0 bridgehead atoms. The average Bonchev–Trinajstić information content (AvgIpc) is 3.07. The summed E-state index contributed by atoms with van der Waals surface area (Å²) in [6.45, 7) is 8.47. The van der Waals surface area contributed by atoms with Crippen LogP contribution in [0, 0.1) is 0 Å². The van der Waals surface area contributed by atoms with Crippen molar-refractivity contribution in [1.82, 2.24) is 20.4 Å². The van der Waals surface area contributed by atoms with E-state index in [1.165, 1.54) is 0 Å². The number of urea groups is 1. The Morgan fingerprint density at radius 1 is 1.12 bits per heavy atom. The van der Waals surface area contributed by atoms with Crippen molar-refractivity contribution >= 4 is 12.0 Å². The van der Waals surface area contributed by atoms with E-state index in [0.717, 1.165) is 38.2 Å². The van der Waals surface area contributed by atoms with Crippen molar-refractivity contribution in [3.05, 3.63) is 35.0 Å². The molecule has 0 radical (unpaired) electrons. The first kappa shape index (κ1) is 23.9. The van der Waals surface area contributed by atoms with Crippen molar-refractivity contribution in [2.75, 3.05) is 60.1 Å². The van der Waals surface area contributed by atoms with Crippen LogP contribution in [0.5, 0.6) is 11.5 Å². The number of rotatable bonds is 8. The SMILES string of the molecule is CCOC(=O)C1=C(CN2CCCNCC2)N(CC)C(=O)NC1c1ccc(OC)c(OC)c1. The van der Waals surface area contributed by atoms with E-state index in [2.05, 4.69) is 15.5 Å². The topological polar surface area (TPSA) is 92.4 Å². The maximum atomic E-state index is 13.2. The normalized spacial score (nSPS) is 19.9. The number of benzene rings is 1. The Morgan fingerprint density at radius 2 is 1.91 bits per heavy atom. The lowest BCUT2D eigenvalue weighted by Crippen LogP contribution is -2.51. The first-order valence-corrected chi connectivity index (χ1v) is 11.2. The molecule has 2 heterocycles. The summed E-state index contributed by atoms with van der Waals surface area (Å²) in [7, 11) is 3.12. The van der Waals surface area contributed by atoms with E-state index in [0.29, 0.717) is 35.9 Å². The number of carbonyl (C=O) groups is 2. The first-order valence-electron chi connectivity index (χ1n) is 11.2. The molecular formula is C23H34N4O5. The summed E-state index contributed by atoms with van der Waals surface area (Å²) in [6, 6.07) is 4.52. The summed E-state index contributed by atoms with van der Waals surface area (Å²) in [5, 5.41) is 6.39. The predicted molar refractivity (Wildman–Crippen MR) is 121 cm³/mol. The van der Waals surface area contributed by atoms with Crippen LogP contribution < -0.4 is 20.1 Å². The van der Waals surface area contributed by atoms with Crippen LogP contribution in [0.2, 0.25) is 0 Å². The molecule has 1 saturated heterocycles. The molecule has 2 N–H and O–H groups in total. The second-order valence-corrected chi connectivity index (χ2v) is 7.70. The van der Waals surface area contributed by atoms with Gasteiger partial charge >= 0.3 is 12.0 Å². The monoisotopic (exact) mass is 446 g/mol. The quantitative estimate of drug-likeness (QED) is 0.589. The molecule has 0 aliphatic carbocycles. The van der Waals surface area contributed by atoms with E-state index in [1.807, 2.05) is 13.0 Å². The molecule has 0 spiro atoms. The molecule has 1 aromatic rings. The van der Waals surface area contributed by atoms with Crippen LogP contribution in [-0.2, 0) is 9.53 Å². The van der Waals surface area contributed by atoms with Gasteiger partial charge in [-0.25, -0.2) is 9.59 Å². The van der Waals surface area contributed by atoms with Crippen LogP contribution >= 0.6 is 0 Å². The number of nitrogens with one attached hydrogen (secondary N) is 2. The fraction of sp³-hybridized carbons (Fsp3) is 0.565. The van der Waals surface area contributed by atoms with E-state index >= 15 is 0 Å². The molecule has 32 heavy (non-hydrogen) atoms. The summed E-state index contributed by atoms with van der Waals surface area (Å²) in [4.78, 5) is 30.2. The smallest absolute Gasteiger partial charge is 0.338 e. The van der Waals surface area contributed by atoms with Crippen LogP contribution in [0.25, 0.3) is 0 Å². The molecule has 2 aliphatic heterocycles. The zero-order chi connectivity index (χ0) is 23.1. The highest BCUT2D eigenvalue weighted by molar-refractivity contribution is 5.95. The van der Waals surface area contributed by atoms with Gasteiger partial charge in [0.1, 0.15) is 0 Å². The molecular weight excluding hydrogens is 412 g/mol. The Balaban J connectivity index is 2.10. The van der Waals surface area contributed by atoms with Gasteiger partial charge in [0.2, 0.25) is 0 Å². The number of nitrogens with zero attached hydrogens (tertiary/aromatic N) is 2. The number of hydrogen-bond acceptors (Lipinski definition) is 7. The fourth-order valence-electron chi connectivity index (χ4n) is 4.21. The molecule has 2 amide bonds. The molecule has 1 atom stereocenters. The van der Waals surface area contributed by atoms with Gasteiger partial charge in [0, 0.05) is 31.9 Å². The van der Waals surface area contributed by atoms with E-state index in [1.54, 1.807) is 38.2 Å². The van der Waals surface area contributed by atoms with Crippen molar-refractivity contribution in [3.8, 4) is 11.5 Å². The lowest BCUT2D eigenvalue weighted by molar-refractivity contribution is -0.139. The van der Waals surface area contributed by atoms with Crippen LogP contribution in [0.15, 0.2) is 29.5 Å². The van der Waals surface area contributed by atoms with Crippen molar-refractivity contribution in [3.63, 3.8) is 0 Å². The molecule has 3 rings (SSSR count). The number of methoxy groups -OCH3 is 2. The Bertz CT molecular complexity index is 849. The third kappa shape index (κ3) is 5.16. The van der Waals surface area contributed by atoms with Gasteiger partial charge in [-0.1, -0.05) is 6.07 Å². The second kappa shape index (κ2) is 11.2. The zero-order valence-corrected chi connectivity index (χ0v) is 19.4. The van der Waals surface area contributed by atoms with E-state index in [-0.39, 0.29) is 12.6 Å². The second-order valence-electron chi connectivity index (χ2n) is 7.70. The minimum atomic E-state index is -0.649. The maximum Gasteiger partial charge on any atom is 0.338 e. The molecule has 0 aromatic heterocycles. The Kier molecular flexibility index (Phi) is 8.35. The molecule has 0 saturated carbocycles. The molecule has 1 aromatic carbocycles. The van der Waals surface area contributed by atoms with Crippen molar-refractivity contribution in [2.45, 2.75) is 26.3 Å². The number of esters is 1. The average molecular weight is 447 g/mol. The first-order chi connectivity index (χ1) is 15.5. The summed E-state index contributed by atoms with van der Waals surface area (Å²) in [5.74, 6) is 0.682. The standard InChI is InChI=1S/C23H34N4O5/c1-5-27-17(15-26-12-7-10-24-11-13-26)20(22(28)32-6-2)21(25-23(27)29)16-8-9-18(30-3)19(14-16)31-4/h8-9,14,21,24H,5-7,10-13,15H2,1-4H3,(H,25,29). The van der Waals surface area contributed by atoms with Gasteiger partial charge in [-0.2, -0.15) is 0 Å². The van der Waals surface area contributed by atoms with Crippen molar-refractivity contribution in [1.29, 1.82) is 0 Å². The molecule has 176 valence electrons. The van der Waals surface area contributed by atoms with Crippen LogP contribution in [0.4, 0.5) is 4.79 Å². The van der Waals surface area contributed by atoms with Crippen LogP contribution in [0.3, 0.4) is 0 Å². The van der Waals surface area contributed by atoms with Crippen molar-refractivity contribution in [2.24, 2.45) is 0 Å². The summed E-state index contributed by atoms with van der Waals surface area (Å²) >= 11 is 0. The Labute approximate surface area is 189 Å². The molecule has 9 heteroatoms. The Morgan fingerprint density at radius 3 is 2.59 bits per heavy atom. The van der Waals surface area contributed by atoms with Crippen molar-refractivity contribution < 1.29 is 23.8 Å². The third-order valence-corrected chi connectivity index (χ3v) is 5.80. The Hall–Kier alpha value is -2.78. The largest absolute Gasteiger partial charge is 0.493 e. The van der Waals surface area contributed by atoms with Crippen LogP contribution in [0.1, 0.15) is 31.9 Å². The minimum Gasteiger partial charge on any atom is -0.493 e.